The summed E-state index contributed by atoms with van der Waals surface area (Å²) in [6.07, 6.45) is 5.38. The van der Waals surface area contributed by atoms with Crippen molar-refractivity contribution in [2.75, 3.05) is 19.3 Å². The van der Waals surface area contributed by atoms with E-state index in [4.69, 9.17) is 24.7 Å². The van der Waals surface area contributed by atoms with E-state index in [2.05, 4.69) is 26.9 Å². The zero-order chi connectivity index (χ0) is 27.1. The lowest BCUT2D eigenvalue weighted by molar-refractivity contribution is -0.198. The van der Waals surface area contributed by atoms with E-state index in [-0.39, 0.29) is 24.3 Å². The topological polar surface area (TPSA) is 127 Å². The first-order valence-electron chi connectivity index (χ1n) is 13.6. The molecular formula is C28H36N6O5. The summed E-state index contributed by atoms with van der Waals surface area (Å²) in [4.78, 5) is 27.4. The molecule has 3 aromatic rings. The van der Waals surface area contributed by atoms with Gasteiger partial charge >= 0.3 is 5.97 Å². The molecular weight excluding hydrogens is 500 g/mol. The molecule has 208 valence electrons. The minimum Gasteiger partial charge on any atom is -0.461 e. The number of hydrogen-bond acceptors (Lipinski definition) is 10. The number of imidazole rings is 1. The van der Waals surface area contributed by atoms with Crippen molar-refractivity contribution >= 4 is 23.0 Å². The Labute approximate surface area is 227 Å². The molecule has 0 radical (unpaired) electrons. The molecule has 6 rings (SSSR count). The minimum absolute atomic E-state index is 0.132. The second-order valence-electron chi connectivity index (χ2n) is 11.3. The van der Waals surface area contributed by atoms with Crippen molar-refractivity contribution in [1.29, 1.82) is 0 Å². The summed E-state index contributed by atoms with van der Waals surface area (Å²) >= 11 is 0. The van der Waals surface area contributed by atoms with E-state index in [0.29, 0.717) is 48.5 Å². The van der Waals surface area contributed by atoms with E-state index in [1.807, 2.05) is 48.7 Å². The summed E-state index contributed by atoms with van der Waals surface area (Å²) in [6, 6.07) is 10.2. The maximum atomic E-state index is 12.2. The molecule has 2 saturated heterocycles. The molecule has 0 bridgehead atoms. The predicted octanol–water partition coefficient (Wildman–Crippen LogP) is 3.06. The number of fused-ring (bicyclic) bond motifs is 2. The fraction of sp³-hybridized carbons (Fsp3) is 0.571. The number of nitrogen functional groups attached to an aromatic ring is 1. The predicted molar refractivity (Wildman–Crippen MR) is 142 cm³/mol. The third-order valence-electron chi connectivity index (χ3n) is 8.09. The van der Waals surface area contributed by atoms with Gasteiger partial charge in [0.1, 0.15) is 36.8 Å². The van der Waals surface area contributed by atoms with Gasteiger partial charge in [-0.3, -0.25) is 9.36 Å². The number of likely N-dealkylation sites (N-methyl/N-ethyl adjacent to an activating group) is 1. The number of nitrogens with two attached hydrogens (primary N) is 1. The lowest BCUT2D eigenvalue weighted by atomic mass is 9.76. The van der Waals surface area contributed by atoms with Crippen molar-refractivity contribution in [2.24, 2.45) is 5.92 Å². The van der Waals surface area contributed by atoms with Crippen LogP contribution < -0.4 is 5.73 Å². The van der Waals surface area contributed by atoms with Crippen molar-refractivity contribution in [2.45, 2.75) is 82.5 Å². The van der Waals surface area contributed by atoms with Crippen molar-refractivity contribution in [3.05, 3.63) is 48.5 Å². The Morgan fingerprint density at radius 1 is 1.15 bits per heavy atom. The molecule has 0 amide bonds. The first-order valence-corrected chi connectivity index (χ1v) is 13.6. The number of esters is 1. The summed E-state index contributed by atoms with van der Waals surface area (Å²) in [5, 5.41) is 0. The first-order chi connectivity index (χ1) is 18.8. The normalized spacial score (nSPS) is 29.4. The molecule has 3 fully saturated rings. The molecule has 11 nitrogen and oxygen atoms in total. The Kier molecular flexibility index (Phi) is 7.00. The smallest absolute Gasteiger partial charge is 0.306 e. The van der Waals surface area contributed by atoms with Crippen LogP contribution in [0, 0.1) is 5.92 Å². The molecule has 0 spiro atoms. The molecule has 2 aromatic heterocycles. The number of rotatable bonds is 9. The van der Waals surface area contributed by atoms with Crippen LogP contribution in [0.25, 0.3) is 11.2 Å². The number of carbonyl (C=O) groups excluding carboxylic acids is 1. The quantitative estimate of drug-likeness (QED) is 0.408. The van der Waals surface area contributed by atoms with Gasteiger partial charge in [-0.15, -0.1) is 0 Å². The summed E-state index contributed by atoms with van der Waals surface area (Å²) in [7, 11) is 2.13. The summed E-state index contributed by atoms with van der Waals surface area (Å²) < 4.78 is 26.4. The van der Waals surface area contributed by atoms with Crippen LogP contribution >= 0.6 is 0 Å². The van der Waals surface area contributed by atoms with Crippen molar-refractivity contribution in [3.63, 3.8) is 0 Å². The molecule has 2 N–H and O–H groups in total. The second-order valence-corrected chi connectivity index (χ2v) is 11.3. The zero-order valence-corrected chi connectivity index (χ0v) is 22.6. The van der Waals surface area contributed by atoms with Crippen LogP contribution in [-0.2, 0) is 30.3 Å². The fourth-order valence-corrected chi connectivity index (χ4v) is 5.95. The standard InChI is InChI=1S/C28H36N6O5/c1-28(2)38-23-20(37-27(24(23)39-28)34-16-32-22-25(29)30-15-31-26(22)34)13-33(3)19-11-18(12-19)9-10-21(35)36-14-17-7-5-4-6-8-17/h4-8,15-16,18-20,23-24,27H,9-14H2,1-3H3,(H2,29,30,31)/t18?,19?,20?,23-,24-,27?/m1/s1. The summed E-state index contributed by atoms with van der Waals surface area (Å²) in [5.74, 6) is 0.0127. The van der Waals surface area contributed by atoms with Crippen LogP contribution in [0.15, 0.2) is 43.0 Å². The second kappa shape index (κ2) is 10.5. The number of anilines is 1. The van der Waals surface area contributed by atoms with Crippen LogP contribution in [0.4, 0.5) is 5.82 Å². The third kappa shape index (κ3) is 5.36. The summed E-state index contributed by atoms with van der Waals surface area (Å²) in [5.41, 5.74) is 8.16. The van der Waals surface area contributed by atoms with E-state index < -0.39 is 12.0 Å². The number of nitrogens with zero attached hydrogens (tertiary/aromatic N) is 5. The molecule has 1 aromatic carbocycles. The zero-order valence-electron chi connectivity index (χ0n) is 22.6. The van der Waals surface area contributed by atoms with Gasteiger partial charge in [0.2, 0.25) is 0 Å². The molecule has 4 heterocycles. The van der Waals surface area contributed by atoms with E-state index in [1.54, 1.807) is 6.33 Å². The highest BCUT2D eigenvalue weighted by atomic mass is 16.8. The van der Waals surface area contributed by atoms with Gasteiger partial charge in [-0.2, -0.15) is 0 Å². The minimum atomic E-state index is -0.713. The molecule has 11 heteroatoms. The monoisotopic (exact) mass is 536 g/mol. The number of benzene rings is 1. The average molecular weight is 537 g/mol. The molecule has 3 aliphatic rings. The number of ether oxygens (including phenoxy) is 4. The van der Waals surface area contributed by atoms with Gasteiger partial charge in [-0.1, -0.05) is 30.3 Å². The molecule has 2 unspecified atom stereocenters. The van der Waals surface area contributed by atoms with Gasteiger partial charge in [0.05, 0.1) is 6.33 Å². The third-order valence-corrected chi connectivity index (χ3v) is 8.09. The van der Waals surface area contributed by atoms with Gasteiger partial charge in [-0.05, 0) is 51.6 Å². The van der Waals surface area contributed by atoms with Crippen molar-refractivity contribution in [3.8, 4) is 0 Å². The fourth-order valence-electron chi connectivity index (χ4n) is 5.95. The lowest BCUT2D eigenvalue weighted by Crippen LogP contribution is -2.48. The highest BCUT2D eigenvalue weighted by Gasteiger charge is 2.56. The maximum absolute atomic E-state index is 12.2. The van der Waals surface area contributed by atoms with E-state index >= 15 is 0 Å². The molecule has 4 atom stereocenters. The lowest BCUT2D eigenvalue weighted by Gasteiger charge is -2.42. The van der Waals surface area contributed by atoms with Crippen molar-refractivity contribution < 1.29 is 23.7 Å². The highest BCUT2D eigenvalue weighted by molar-refractivity contribution is 5.81. The molecule has 39 heavy (non-hydrogen) atoms. The van der Waals surface area contributed by atoms with Crippen LogP contribution in [-0.4, -0.2) is 74.1 Å². The number of aromatic nitrogens is 4. The largest absolute Gasteiger partial charge is 0.461 e. The van der Waals surface area contributed by atoms with E-state index in [9.17, 15) is 4.79 Å². The first kappa shape index (κ1) is 26.1. The van der Waals surface area contributed by atoms with Crippen LogP contribution in [0.2, 0.25) is 0 Å². The Bertz CT molecular complexity index is 1310. The Morgan fingerprint density at radius 3 is 2.72 bits per heavy atom. The molecule has 2 aliphatic heterocycles. The Balaban J connectivity index is 1.02. The number of carbonyl (C=O) groups is 1. The Morgan fingerprint density at radius 2 is 1.92 bits per heavy atom. The van der Waals surface area contributed by atoms with Crippen LogP contribution in [0.5, 0.6) is 0 Å². The van der Waals surface area contributed by atoms with Gasteiger partial charge in [0, 0.05) is 19.0 Å². The summed E-state index contributed by atoms with van der Waals surface area (Å²) in [6.45, 7) is 4.89. The average Bonchev–Trinajstić information content (AvgIpc) is 3.54. The van der Waals surface area contributed by atoms with Gasteiger partial charge in [0.25, 0.3) is 0 Å². The van der Waals surface area contributed by atoms with Gasteiger partial charge in [0.15, 0.2) is 23.5 Å². The van der Waals surface area contributed by atoms with Gasteiger partial charge < -0.3 is 29.6 Å². The SMILES string of the molecule is CN(CC1OC(n2cnc3c(N)ncnc32)[C@@H]2OC(C)(C)O[C@H]12)C1CC(CCC(=O)OCc2ccccc2)C1. The van der Waals surface area contributed by atoms with Gasteiger partial charge in [-0.25, -0.2) is 15.0 Å². The highest BCUT2D eigenvalue weighted by Crippen LogP contribution is 2.44. The van der Waals surface area contributed by atoms with Crippen LogP contribution in [0.3, 0.4) is 0 Å². The molecule has 1 aliphatic carbocycles. The van der Waals surface area contributed by atoms with Crippen molar-refractivity contribution in [1.82, 2.24) is 24.4 Å². The van der Waals surface area contributed by atoms with E-state index in [0.717, 1.165) is 24.8 Å². The Hall–Kier alpha value is -3.12. The van der Waals surface area contributed by atoms with Crippen LogP contribution in [0.1, 0.15) is 51.3 Å². The maximum Gasteiger partial charge on any atom is 0.306 e. The van der Waals surface area contributed by atoms with E-state index in [1.165, 1.54) is 6.33 Å². The molecule has 1 saturated carbocycles. The number of hydrogen-bond donors (Lipinski definition) is 1.